The summed E-state index contributed by atoms with van der Waals surface area (Å²) >= 11 is 1.58. The quantitative estimate of drug-likeness (QED) is 0.443. The van der Waals surface area contributed by atoms with Crippen LogP contribution in [0.1, 0.15) is 22.8 Å². The summed E-state index contributed by atoms with van der Waals surface area (Å²) in [4.78, 5) is 31.1. The Hall–Kier alpha value is -2.57. The van der Waals surface area contributed by atoms with Gasteiger partial charge in [0, 0.05) is 27.6 Å². The number of anilines is 1. The number of amides is 1. The number of nitrogens with one attached hydrogen (secondary N) is 2. The Morgan fingerprint density at radius 1 is 1.11 bits per heavy atom. The number of hydrogen-bond acceptors (Lipinski definition) is 4. The van der Waals surface area contributed by atoms with Gasteiger partial charge in [0.1, 0.15) is 0 Å². The van der Waals surface area contributed by atoms with E-state index in [4.69, 9.17) is 0 Å². The first kappa shape index (κ1) is 20.2. The van der Waals surface area contributed by atoms with Crippen molar-refractivity contribution in [2.45, 2.75) is 18.2 Å². The fraction of sp³-hybridized carbons (Fsp3) is 0.273. The molecule has 28 heavy (non-hydrogen) atoms. The van der Waals surface area contributed by atoms with Crippen LogP contribution in [0.3, 0.4) is 0 Å². The summed E-state index contributed by atoms with van der Waals surface area (Å²) in [6.45, 7) is 2.43. The van der Waals surface area contributed by atoms with Gasteiger partial charge in [-0.2, -0.15) is 0 Å². The summed E-state index contributed by atoms with van der Waals surface area (Å²) in [5.74, 6) is -0.136. The molecule has 3 aromatic rings. The highest BCUT2D eigenvalue weighted by Crippen LogP contribution is 2.25. The first-order valence-electron chi connectivity index (χ1n) is 9.27. The molecule has 0 aliphatic rings. The molecule has 0 saturated carbocycles. The van der Waals surface area contributed by atoms with E-state index in [1.165, 1.54) is 5.56 Å². The maximum atomic E-state index is 12.8. The zero-order chi connectivity index (χ0) is 20.1. The maximum absolute atomic E-state index is 12.8. The molecule has 146 valence electrons. The predicted octanol–water partition coefficient (Wildman–Crippen LogP) is 4.21. The van der Waals surface area contributed by atoms with Crippen LogP contribution in [0.15, 0.2) is 53.6 Å². The number of nitrogens with zero attached hydrogens (tertiary/aromatic N) is 1. The molecular weight excluding hydrogens is 370 g/mol. The van der Waals surface area contributed by atoms with Crippen LogP contribution in [-0.4, -0.2) is 48.0 Å². The van der Waals surface area contributed by atoms with Crippen LogP contribution in [0.4, 0.5) is 5.69 Å². The van der Waals surface area contributed by atoms with E-state index in [0.29, 0.717) is 5.56 Å². The lowest BCUT2D eigenvalue weighted by atomic mass is 10.0. The lowest BCUT2D eigenvalue weighted by Gasteiger charge is -2.16. The minimum absolute atomic E-state index is 0.000632. The minimum atomic E-state index is -0.135. The second-order valence-corrected chi connectivity index (χ2v) is 7.59. The van der Waals surface area contributed by atoms with Gasteiger partial charge in [0.15, 0.2) is 5.78 Å². The van der Waals surface area contributed by atoms with Gasteiger partial charge in [-0.1, -0.05) is 37.3 Å². The highest BCUT2D eigenvalue weighted by Gasteiger charge is 2.17. The highest BCUT2D eigenvalue weighted by atomic mass is 32.2. The number of aryl methyl sites for hydroxylation is 1. The summed E-state index contributed by atoms with van der Waals surface area (Å²) in [6, 6.07) is 13.7. The van der Waals surface area contributed by atoms with E-state index in [-0.39, 0.29) is 24.8 Å². The fourth-order valence-electron chi connectivity index (χ4n) is 3.31. The molecule has 0 unspecified atom stereocenters. The maximum Gasteiger partial charge on any atom is 0.238 e. The molecule has 0 aliphatic carbocycles. The Morgan fingerprint density at radius 3 is 2.64 bits per heavy atom. The van der Waals surface area contributed by atoms with Crippen molar-refractivity contribution in [3.63, 3.8) is 0 Å². The fourth-order valence-corrected chi connectivity index (χ4v) is 3.87. The van der Waals surface area contributed by atoms with Crippen LogP contribution in [-0.2, 0) is 11.2 Å². The smallest absolute Gasteiger partial charge is 0.238 e. The SMILES string of the molecule is CCc1cccc2c(C(=O)CN(C)CC(=O)Nc3ccccc3SC)c[nH]c12. The van der Waals surface area contributed by atoms with E-state index in [9.17, 15) is 9.59 Å². The third-order valence-corrected chi connectivity index (χ3v) is 5.49. The monoisotopic (exact) mass is 395 g/mol. The number of thioether (sulfide) groups is 1. The molecule has 0 radical (unpaired) electrons. The Kier molecular flexibility index (Phi) is 6.54. The average molecular weight is 396 g/mol. The summed E-state index contributed by atoms with van der Waals surface area (Å²) in [5.41, 5.74) is 3.67. The Morgan fingerprint density at radius 2 is 1.89 bits per heavy atom. The number of H-pyrrole nitrogens is 1. The second kappa shape index (κ2) is 9.08. The molecule has 0 bridgehead atoms. The molecule has 2 aromatic carbocycles. The van der Waals surface area contributed by atoms with Crippen LogP contribution < -0.4 is 5.32 Å². The molecule has 0 spiro atoms. The van der Waals surface area contributed by atoms with Gasteiger partial charge in [0.05, 0.1) is 18.8 Å². The summed E-state index contributed by atoms with van der Waals surface area (Å²) in [7, 11) is 1.78. The average Bonchev–Trinajstić information content (AvgIpc) is 3.12. The second-order valence-electron chi connectivity index (χ2n) is 6.74. The molecule has 0 saturated heterocycles. The van der Waals surface area contributed by atoms with Crippen molar-refractivity contribution in [2.75, 3.05) is 31.7 Å². The van der Waals surface area contributed by atoms with Crippen LogP contribution >= 0.6 is 11.8 Å². The van der Waals surface area contributed by atoms with Gasteiger partial charge in [-0.15, -0.1) is 11.8 Å². The number of ketones is 1. The number of carbonyl (C=O) groups is 2. The molecule has 1 heterocycles. The van der Waals surface area contributed by atoms with Crippen molar-refractivity contribution in [1.29, 1.82) is 0 Å². The highest BCUT2D eigenvalue weighted by molar-refractivity contribution is 7.98. The molecule has 0 atom stereocenters. The zero-order valence-electron chi connectivity index (χ0n) is 16.4. The molecule has 2 N–H and O–H groups in total. The van der Waals surface area contributed by atoms with Gasteiger partial charge in [0.25, 0.3) is 0 Å². The molecule has 1 amide bonds. The molecule has 0 fully saturated rings. The van der Waals surface area contributed by atoms with E-state index in [1.807, 2.05) is 42.7 Å². The first-order valence-corrected chi connectivity index (χ1v) is 10.5. The van der Waals surface area contributed by atoms with E-state index in [1.54, 1.807) is 29.9 Å². The summed E-state index contributed by atoms with van der Waals surface area (Å²) in [5, 5.41) is 3.87. The molecule has 6 heteroatoms. The van der Waals surface area contributed by atoms with E-state index >= 15 is 0 Å². The van der Waals surface area contributed by atoms with Crippen molar-refractivity contribution in [1.82, 2.24) is 9.88 Å². The molecule has 1 aromatic heterocycles. The number of benzene rings is 2. The van der Waals surface area contributed by atoms with Crippen LogP contribution in [0.5, 0.6) is 0 Å². The van der Waals surface area contributed by atoms with Gasteiger partial charge < -0.3 is 10.3 Å². The topological polar surface area (TPSA) is 65.2 Å². The number of para-hydroxylation sites is 2. The first-order chi connectivity index (χ1) is 13.5. The number of aromatic amines is 1. The van der Waals surface area contributed by atoms with Gasteiger partial charge in [-0.05, 0) is 37.4 Å². The van der Waals surface area contributed by atoms with E-state index in [2.05, 4.69) is 23.3 Å². The number of hydrogen-bond donors (Lipinski definition) is 2. The molecule has 5 nitrogen and oxygen atoms in total. The number of likely N-dealkylation sites (N-methyl/N-ethyl adjacent to an activating group) is 1. The van der Waals surface area contributed by atoms with Gasteiger partial charge in [0.2, 0.25) is 5.91 Å². The van der Waals surface area contributed by atoms with Crippen molar-refractivity contribution in [3.05, 3.63) is 59.8 Å². The third kappa shape index (κ3) is 4.46. The van der Waals surface area contributed by atoms with E-state index in [0.717, 1.165) is 27.9 Å². The number of aromatic nitrogens is 1. The van der Waals surface area contributed by atoms with Gasteiger partial charge in [-0.3, -0.25) is 14.5 Å². The Bertz CT molecular complexity index is 996. The molecular formula is C22H25N3O2S. The minimum Gasteiger partial charge on any atom is -0.360 e. The largest absolute Gasteiger partial charge is 0.360 e. The van der Waals surface area contributed by atoms with E-state index < -0.39 is 0 Å². The number of rotatable bonds is 8. The van der Waals surface area contributed by atoms with Crippen molar-refractivity contribution < 1.29 is 9.59 Å². The van der Waals surface area contributed by atoms with Crippen LogP contribution in [0.2, 0.25) is 0 Å². The Labute approximate surface area is 169 Å². The van der Waals surface area contributed by atoms with Crippen molar-refractivity contribution in [2.24, 2.45) is 0 Å². The zero-order valence-corrected chi connectivity index (χ0v) is 17.2. The molecule has 0 aliphatic heterocycles. The number of carbonyl (C=O) groups excluding carboxylic acids is 2. The standard InChI is InChI=1S/C22H25N3O2S/c1-4-15-8-7-9-16-17(12-23-22(15)16)19(26)13-25(2)14-21(27)24-18-10-5-6-11-20(18)28-3/h5-12,23H,4,13-14H2,1-3H3,(H,24,27). The normalized spacial score (nSPS) is 11.1. The van der Waals surface area contributed by atoms with Gasteiger partial charge in [-0.25, -0.2) is 0 Å². The number of Topliss-reactive ketones (excluding diaryl/α,β-unsaturated/α-hetero) is 1. The van der Waals surface area contributed by atoms with Gasteiger partial charge >= 0.3 is 0 Å². The summed E-state index contributed by atoms with van der Waals surface area (Å²) in [6.07, 6.45) is 4.65. The Balaban J connectivity index is 1.64. The number of fused-ring (bicyclic) bond motifs is 1. The third-order valence-electron chi connectivity index (χ3n) is 4.69. The lowest BCUT2D eigenvalue weighted by Crippen LogP contribution is -2.34. The van der Waals surface area contributed by atoms with Crippen molar-refractivity contribution >= 4 is 40.0 Å². The van der Waals surface area contributed by atoms with Crippen LogP contribution in [0.25, 0.3) is 10.9 Å². The summed E-state index contributed by atoms with van der Waals surface area (Å²) < 4.78 is 0. The lowest BCUT2D eigenvalue weighted by molar-refractivity contribution is -0.116. The molecule has 3 rings (SSSR count). The predicted molar refractivity (Wildman–Crippen MR) is 116 cm³/mol. The van der Waals surface area contributed by atoms with Crippen molar-refractivity contribution in [3.8, 4) is 0 Å². The van der Waals surface area contributed by atoms with Crippen LogP contribution in [0, 0.1) is 0 Å².